The van der Waals surface area contributed by atoms with Crippen LogP contribution in [0.15, 0.2) is 24.5 Å². The number of fused-ring (bicyclic) bond motifs is 1. The highest BCUT2D eigenvalue weighted by Crippen LogP contribution is 2.09. The molecule has 14 heavy (non-hydrogen) atoms. The Balaban J connectivity index is 0.000000845. The molecule has 0 saturated carbocycles. The summed E-state index contributed by atoms with van der Waals surface area (Å²) < 4.78 is 14.7. The fourth-order valence-electron chi connectivity index (χ4n) is 1.18. The molecule has 0 fully saturated rings. The lowest BCUT2D eigenvalue weighted by Crippen LogP contribution is -2.00. The molecule has 2 aromatic heterocycles. The van der Waals surface area contributed by atoms with Crippen LogP contribution in [0.5, 0.6) is 0 Å². The van der Waals surface area contributed by atoms with Crippen molar-refractivity contribution in [1.82, 2.24) is 9.38 Å². The molecule has 0 spiro atoms. The summed E-state index contributed by atoms with van der Waals surface area (Å²) in [7, 11) is 0. The van der Waals surface area contributed by atoms with Crippen molar-refractivity contribution in [3.63, 3.8) is 0 Å². The van der Waals surface area contributed by atoms with Crippen LogP contribution >= 0.6 is 24.8 Å². The molecule has 0 unspecified atom stereocenters. The molecule has 2 aromatic rings. The summed E-state index contributed by atoms with van der Waals surface area (Å²) in [6.07, 6.45) is 3.33. The van der Waals surface area contributed by atoms with E-state index in [1.807, 2.05) is 0 Å². The predicted molar refractivity (Wildman–Crippen MR) is 57.5 cm³/mol. The van der Waals surface area contributed by atoms with E-state index in [0.29, 0.717) is 12.2 Å². The van der Waals surface area contributed by atoms with Gasteiger partial charge in [-0.1, -0.05) is 0 Å². The lowest BCUT2D eigenvalue weighted by atomic mass is 10.4. The Kier molecular flexibility index (Phi) is 4.83. The monoisotopic (exact) mass is 237 g/mol. The number of rotatable bonds is 1. The molecule has 0 amide bonds. The molecule has 0 radical (unpaired) electrons. The summed E-state index contributed by atoms with van der Waals surface area (Å²) in [5.74, 6) is -0.322. The van der Waals surface area contributed by atoms with Gasteiger partial charge in [-0.25, -0.2) is 9.37 Å². The van der Waals surface area contributed by atoms with Crippen molar-refractivity contribution >= 4 is 30.5 Å². The first-order chi connectivity index (χ1) is 5.83. The normalized spacial score (nSPS) is 9.29. The number of halogens is 3. The van der Waals surface area contributed by atoms with Crippen LogP contribution in [0.4, 0.5) is 4.39 Å². The highest BCUT2D eigenvalue weighted by atomic mass is 35.5. The van der Waals surface area contributed by atoms with Gasteiger partial charge in [0.15, 0.2) is 11.5 Å². The van der Waals surface area contributed by atoms with E-state index in [2.05, 4.69) is 4.98 Å². The van der Waals surface area contributed by atoms with Gasteiger partial charge in [0.05, 0.1) is 11.9 Å². The molecular formula is C8H10Cl2FN3. The van der Waals surface area contributed by atoms with Crippen molar-refractivity contribution in [3.05, 3.63) is 36.0 Å². The third kappa shape index (κ3) is 1.97. The number of aromatic nitrogens is 2. The molecule has 0 aromatic carbocycles. The second-order valence-corrected chi connectivity index (χ2v) is 2.50. The Labute approximate surface area is 92.9 Å². The van der Waals surface area contributed by atoms with Gasteiger partial charge >= 0.3 is 0 Å². The zero-order valence-corrected chi connectivity index (χ0v) is 8.82. The fourth-order valence-corrected chi connectivity index (χ4v) is 1.18. The molecule has 0 aliphatic rings. The summed E-state index contributed by atoms with van der Waals surface area (Å²) in [6.45, 7) is 0.366. The molecule has 0 bridgehead atoms. The quantitative estimate of drug-likeness (QED) is 0.822. The third-order valence-corrected chi connectivity index (χ3v) is 1.77. The number of nitrogens with two attached hydrogens (primary N) is 1. The molecule has 0 atom stereocenters. The molecule has 2 rings (SSSR count). The van der Waals surface area contributed by atoms with Gasteiger partial charge < -0.3 is 10.1 Å². The van der Waals surface area contributed by atoms with Gasteiger partial charge in [-0.2, -0.15) is 0 Å². The number of hydrogen-bond donors (Lipinski definition) is 1. The van der Waals surface area contributed by atoms with E-state index in [0.717, 1.165) is 5.69 Å². The van der Waals surface area contributed by atoms with Crippen molar-refractivity contribution in [3.8, 4) is 0 Å². The Hall–Kier alpha value is -0.840. The van der Waals surface area contributed by atoms with Crippen molar-refractivity contribution < 1.29 is 4.39 Å². The van der Waals surface area contributed by atoms with Crippen LogP contribution in [-0.4, -0.2) is 9.38 Å². The van der Waals surface area contributed by atoms with Gasteiger partial charge in [-0.3, -0.25) is 0 Å². The Bertz CT molecular complexity index is 416. The predicted octanol–water partition coefficient (Wildman–Crippen LogP) is 1.78. The molecular weight excluding hydrogens is 228 g/mol. The second-order valence-electron chi connectivity index (χ2n) is 2.50. The third-order valence-electron chi connectivity index (χ3n) is 1.77. The molecule has 0 aliphatic heterocycles. The maximum Gasteiger partial charge on any atom is 0.173 e. The summed E-state index contributed by atoms with van der Waals surface area (Å²) in [4.78, 5) is 3.90. The molecule has 2 N–H and O–H groups in total. The first-order valence-electron chi connectivity index (χ1n) is 3.63. The smallest absolute Gasteiger partial charge is 0.173 e. The highest BCUT2D eigenvalue weighted by Gasteiger charge is 2.04. The van der Waals surface area contributed by atoms with Crippen LogP contribution < -0.4 is 5.73 Å². The molecule has 6 heteroatoms. The van der Waals surface area contributed by atoms with E-state index >= 15 is 0 Å². The van der Waals surface area contributed by atoms with Crippen LogP contribution in [-0.2, 0) is 6.54 Å². The number of pyridine rings is 1. The van der Waals surface area contributed by atoms with Gasteiger partial charge in [0.1, 0.15) is 0 Å². The number of imidazole rings is 1. The number of nitrogens with zero attached hydrogens (tertiary/aromatic N) is 2. The lowest BCUT2D eigenvalue weighted by Gasteiger charge is -1.97. The summed E-state index contributed by atoms with van der Waals surface area (Å²) in [5, 5.41) is 0. The van der Waals surface area contributed by atoms with Crippen LogP contribution in [0.25, 0.3) is 5.65 Å². The Morgan fingerprint density at radius 2 is 2.14 bits per heavy atom. The van der Waals surface area contributed by atoms with Gasteiger partial charge in [0.25, 0.3) is 0 Å². The van der Waals surface area contributed by atoms with Crippen LogP contribution in [0.3, 0.4) is 0 Å². The number of hydrogen-bond acceptors (Lipinski definition) is 2. The van der Waals surface area contributed by atoms with Crippen molar-refractivity contribution in [2.75, 3.05) is 0 Å². The van der Waals surface area contributed by atoms with Crippen molar-refractivity contribution in [1.29, 1.82) is 0 Å². The summed E-state index contributed by atoms with van der Waals surface area (Å²) in [5.41, 5.74) is 6.57. The van der Waals surface area contributed by atoms with Gasteiger partial charge in [-0.05, 0) is 12.1 Å². The van der Waals surface area contributed by atoms with E-state index in [4.69, 9.17) is 5.73 Å². The zero-order valence-electron chi connectivity index (χ0n) is 7.18. The minimum atomic E-state index is -0.322. The molecule has 0 aliphatic carbocycles. The van der Waals surface area contributed by atoms with Crippen LogP contribution in [0, 0.1) is 5.82 Å². The maximum atomic E-state index is 13.0. The summed E-state index contributed by atoms with van der Waals surface area (Å²) >= 11 is 0. The average molecular weight is 238 g/mol. The van der Waals surface area contributed by atoms with Gasteiger partial charge in [-0.15, -0.1) is 24.8 Å². The standard InChI is InChI=1S/C8H8FN3.2ClH/c9-7-2-1-3-12-6(4-10)5-11-8(7)12;;/h1-3,5H,4,10H2;2*1H. The molecule has 3 nitrogen and oxygen atoms in total. The molecule has 78 valence electrons. The Morgan fingerprint density at radius 3 is 2.79 bits per heavy atom. The fraction of sp³-hybridized carbons (Fsp3) is 0.125. The first-order valence-corrected chi connectivity index (χ1v) is 3.63. The largest absolute Gasteiger partial charge is 0.325 e. The minimum absolute atomic E-state index is 0. The minimum Gasteiger partial charge on any atom is -0.325 e. The van der Waals surface area contributed by atoms with Gasteiger partial charge in [0, 0.05) is 12.7 Å². The van der Waals surface area contributed by atoms with Crippen molar-refractivity contribution in [2.24, 2.45) is 5.73 Å². The molecule has 0 saturated heterocycles. The van der Waals surface area contributed by atoms with E-state index in [1.165, 1.54) is 6.07 Å². The van der Waals surface area contributed by atoms with E-state index in [9.17, 15) is 4.39 Å². The molecule has 2 heterocycles. The van der Waals surface area contributed by atoms with E-state index in [-0.39, 0.29) is 30.6 Å². The Morgan fingerprint density at radius 1 is 1.43 bits per heavy atom. The SMILES string of the molecule is Cl.Cl.NCc1cnc2c(F)cccn12. The lowest BCUT2D eigenvalue weighted by molar-refractivity contribution is 0.629. The van der Waals surface area contributed by atoms with E-state index in [1.54, 1.807) is 22.9 Å². The van der Waals surface area contributed by atoms with Gasteiger partial charge in [0.2, 0.25) is 0 Å². The van der Waals surface area contributed by atoms with Crippen LogP contribution in [0.2, 0.25) is 0 Å². The second kappa shape index (κ2) is 5.14. The average Bonchev–Trinajstić information content (AvgIpc) is 2.49. The topological polar surface area (TPSA) is 43.3 Å². The zero-order chi connectivity index (χ0) is 8.55. The highest BCUT2D eigenvalue weighted by molar-refractivity contribution is 5.85. The first kappa shape index (κ1) is 13.2. The summed E-state index contributed by atoms with van der Waals surface area (Å²) in [6, 6.07) is 3.01. The van der Waals surface area contributed by atoms with Crippen molar-refractivity contribution in [2.45, 2.75) is 6.54 Å². The van der Waals surface area contributed by atoms with E-state index < -0.39 is 0 Å². The van der Waals surface area contributed by atoms with Crippen LogP contribution in [0.1, 0.15) is 5.69 Å². The maximum absolute atomic E-state index is 13.0.